The second-order valence-corrected chi connectivity index (χ2v) is 9.99. The lowest BCUT2D eigenvalue weighted by atomic mass is 9.87. The van der Waals surface area contributed by atoms with Gasteiger partial charge in [-0.1, -0.05) is 39.5 Å². The molecule has 1 fully saturated rings. The fraction of sp³-hybridized carbons (Fsp3) is 0.900. The fourth-order valence-electron chi connectivity index (χ4n) is 3.76. The number of unbranched alkanes of at least 4 members (excludes halogenated alkanes) is 2. The van der Waals surface area contributed by atoms with E-state index in [1.807, 2.05) is 20.8 Å². The molecule has 1 heterocycles. The number of amides is 3. The Labute approximate surface area is 171 Å². The lowest BCUT2D eigenvalue weighted by molar-refractivity contribution is -0.132. The van der Waals surface area contributed by atoms with Gasteiger partial charge in [-0.2, -0.15) is 0 Å². The largest absolute Gasteiger partial charge is 0.500 e. The molecular formula is C20H40N2O5Si. The van der Waals surface area contributed by atoms with E-state index in [0.29, 0.717) is 51.7 Å². The maximum Gasteiger partial charge on any atom is 0.500 e. The zero-order valence-electron chi connectivity index (χ0n) is 18.5. The van der Waals surface area contributed by atoms with E-state index in [1.54, 1.807) is 0 Å². The molecule has 1 aliphatic heterocycles. The van der Waals surface area contributed by atoms with Crippen molar-refractivity contribution in [2.24, 2.45) is 0 Å². The molecule has 1 aliphatic rings. The molecule has 1 rings (SSSR count). The molecule has 8 heteroatoms. The standard InChI is InChI=1S/C20H40N2O5Si/c1-6-11-14-20(15-12-7-2)18(23)22(19(24)21-20)16-13-17-28(25-8-3,26-9-4)27-10-5/h6-17H2,1-5H3,(H,21,24). The molecule has 164 valence electrons. The predicted octanol–water partition coefficient (Wildman–Crippen LogP) is 4.10. The maximum atomic E-state index is 13.1. The highest BCUT2D eigenvalue weighted by molar-refractivity contribution is 6.60. The summed E-state index contributed by atoms with van der Waals surface area (Å²) in [5, 5.41) is 3.02. The molecule has 3 amide bonds. The summed E-state index contributed by atoms with van der Waals surface area (Å²) in [7, 11) is -2.76. The van der Waals surface area contributed by atoms with Gasteiger partial charge in [0.25, 0.3) is 5.91 Å². The Hall–Kier alpha value is -0.963. The summed E-state index contributed by atoms with van der Waals surface area (Å²) < 4.78 is 17.6. The zero-order chi connectivity index (χ0) is 21.0. The van der Waals surface area contributed by atoms with Crippen LogP contribution in [0.4, 0.5) is 4.79 Å². The van der Waals surface area contributed by atoms with Crippen molar-refractivity contribution in [1.82, 2.24) is 10.2 Å². The molecule has 0 atom stereocenters. The van der Waals surface area contributed by atoms with Crippen LogP contribution >= 0.6 is 0 Å². The smallest absolute Gasteiger partial charge is 0.374 e. The van der Waals surface area contributed by atoms with Gasteiger partial charge in [-0.25, -0.2) is 4.79 Å². The number of rotatable bonds is 16. The van der Waals surface area contributed by atoms with Crippen LogP contribution in [-0.4, -0.2) is 57.5 Å². The van der Waals surface area contributed by atoms with E-state index >= 15 is 0 Å². The van der Waals surface area contributed by atoms with Gasteiger partial charge < -0.3 is 18.6 Å². The lowest BCUT2D eigenvalue weighted by Crippen LogP contribution is -2.47. The van der Waals surface area contributed by atoms with Crippen molar-refractivity contribution >= 4 is 20.7 Å². The van der Waals surface area contributed by atoms with Crippen molar-refractivity contribution < 1.29 is 22.9 Å². The summed E-state index contributed by atoms with van der Waals surface area (Å²) in [4.78, 5) is 27.1. The quantitative estimate of drug-likeness (QED) is 0.303. The first-order chi connectivity index (χ1) is 13.4. The van der Waals surface area contributed by atoms with Crippen molar-refractivity contribution in [2.45, 2.75) is 91.1 Å². The Bertz CT molecular complexity index is 464. The number of imide groups is 1. The average Bonchev–Trinajstić information content (AvgIpc) is 2.90. The van der Waals surface area contributed by atoms with Crippen LogP contribution in [0.5, 0.6) is 0 Å². The molecule has 0 spiro atoms. The van der Waals surface area contributed by atoms with Crippen LogP contribution in [0, 0.1) is 0 Å². The minimum absolute atomic E-state index is 0.0732. The van der Waals surface area contributed by atoms with Crippen molar-refractivity contribution in [2.75, 3.05) is 26.4 Å². The number of nitrogens with one attached hydrogen (secondary N) is 1. The number of urea groups is 1. The van der Waals surface area contributed by atoms with Gasteiger partial charge in [0.15, 0.2) is 0 Å². The number of carbonyl (C=O) groups excluding carboxylic acids is 2. The predicted molar refractivity (Wildman–Crippen MR) is 112 cm³/mol. The van der Waals surface area contributed by atoms with Gasteiger partial charge in [0.2, 0.25) is 0 Å². The van der Waals surface area contributed by atoms with Crippen LogP contribution in [0.3, 0.4) is 0 Å². The third-order valence-electron chi connectivity index (χ3n) is 5.12. The Morgan fingerprint density at radius 2 is 1.36 bits per heavy atom. The summed E-state index contributed by atoms with van der Waals surface area (Å²) in [5.41, 5.74) is -0.725. The minimum atomic E-state index is -2.76. The van der Waals surface area contributed by atoms with Crippen LogP contribution in [-0.2, 0) is 18.1 Å². The fourth-order valence-corrected chi connectivity index (χ4v) is 6.35. The van der Waals surface area contributed by atoms with Crippen molar-refractivity contribution in [3.63, 3.8) is 0 Å². The molecule has 0 aliphatic carbocycles. The first kappa shape index (κ1) is 25.1. The molecule has 0 unspecified atom stereocenters. The Morgan fingerprint density at radius 3 is 1.79 bits per heavy atom. The highest BCUT2D eigenvalue weighted by Gasteiger charge is 2.50. The summed E-state index contributed by atoms with van der Waals surface area (Å²) in [6.07, 6.45) is 5.89. The van der Waals surface area contributed by atoms with Crippen LogP contribution in [0.15, 0.2) is 0 Å². The van der Waals surface area contributed by atoms with E-state index < -0.39 is 14.3 Å². The van der Waals surface area contributed by atoms with Gasteiger partial charge in [0.1, 0.15) is 5.54 Å². The first-order valence-corrected chi connectivity index (χ1v) is 12.9. The highest BCUT2D eigenvalue weighted by Crippen LogP contribution is 2.30. The number of hydrogen-bond donors (Lipinski definition) is 1. The van der Waals surface area contributed by atoms with E-state index in [0.717, 1.165) is 25.7 Å². The van der Waals surface area contributed by atoms with E-state index in [4.69, 9.17) is 13.3 Å². The maximum absolute atomic E-state index is 13.1. The van der Waals surface area contributed by atoms with Gasteiger partial charge in [-0.15, -0.1) is 0 Å². The Balaban J connectivity index is 2.79. The van der Waals surface area contributed by atoms with E-state index in [-0.39, 0.29) is 11.9 Å². The van der Waals surface area contributed by atoms with Crippen molar-refractivity contribution in [3.8, 4) is 0 Å². The molecule has 0 aromatic rings. The lowest BCUT2D eigenvalue weighted by Gasteiger charge is -2.29. The second-order valence-electron chi connectivity index (χ2n) is 7.26. The van der Waals surface area contributed by atoms with E-state index in [2.05, 4.69) is 19.2 Å². The molecule has 0 bridgehead atoms. The monoisotopic (exact) mass is 416 g/mol. The molecule has 28 heavy (non-hydrogen) atoms. The Morgan fingerprint density at radius 1 is 0.857 bits per heavy atom. The number of nitrogens with zero attached hydrogens (tertiary/aromatic N) is 1. The summed E-state index contributed by atoms with van der Waals surface area (Å²) in [5.74, 6) is -0.0732. The second kappa shape index (κ2) is 12.6. The summed E-state index contributed by atoms with van der Waals surface area (Å²) >= 11 is 0. The molecule has 0 radical (unpaired) electrons. The van der Waals surface area contributed by atoms with Crippen LogP contribution in [0.25, 0.3) is 0 Å². The molecule has 1 saturated heterocycles. The SMILES string of the molecule is CCCCC1(CCCC)NC(=O)N(CCC[Si](OCC)(OCC)OCC)C1=O. The van der Waals surface area contributed by atoms with E-state index in [1.165, 1.54) is 4.90 Å². The Kier molecular flexibility index (Phi) is 11.3. The minimum Gasteiger partial charge on any atom is -0.374 e. The van der Waals surface area contributed by atoms with Gasteiger partial charge in [0, 0.05) is 32.4 Å². The van der Waals surface area contributed by atoms with Crippen molar-refractivity contribution in [1.29, 1.82) is 0 Å². The number of hydrogen-bond acceptors (Lipinski definition) is 5. The third-order valence-corrected chi connectivity index (χ3v) is 8.27. The topological polar surface area (TPSA) is 77.1 Å². The average molecular weight is 417 g/mol. The molecule has 0 aromatic carbocycles. The third kappa shape index (κ3) is 6.54. The molecule has 7 nitrogen and oxygen atoms in total. The number of carbonyl (C=O) groups is 2. The highest BCUT2D eigenvalue weighted by atomic mass is 28.4. The van der Waals surface area contributed by atoms with Gasteiger partial charge in [0.05, 0.1) is 0 Å². The van der Waals surface area contributed by atoms with Crippen LogP contribution < -0.4 is 5.32 Å². The first-order valence-electron chi connectivity index (χ1n) is 11.0. The summed E-state index contributed by atoms with van der Waals surface area (Å²) in [6.45, 7) is 11.9. The molecule has 0 saturated carbocycles. The summed E-state index contributed by atoms with van der Waals surface area (Å²) in [6, 6.07) is 0.324. The van der Waals surface area contributed by atoms with E-state index in [9.17, 15) is 9.59 Å². The van der Waals surface area contributed by atoms with Crippen molar-refractivity contribution in [3.05, 3.63) is 0 Å². The van der Waals surface area contributed by atoms with Gasteiger partial charge >= 0.3 is 14.8 Å². The van der Waals surface area contributed by atoms with Crippen LogP contribution in [0.1, 0.15) is 79.6 Å². The normalized spacial score (nSPS) is 16.7. The van der Waals surface area contributed by atoms with Crippen LogP contribution in [0.2, 0.25) is 6.04 Å². The molecule has 0 aromatic heterocycles. The van der Waals surface area contributed by atoms with Gasteiger partial charge in [-0.05, 0) is 40.0 Å². The molecule has 1 N–H and O–H groups in total. The zero-order valence-corrected chi connectivity index (χ0v) is 19.5. The van der Waals surface area contributed by atoms with Gasteiger partial charge in [-0.3, -0.25) is 9.69 Å². The molecular weight excluding hydrogens is 376 g/mol.